The fourth-order valence-corrected chi connectivity index (χ4v) is 2.93. The summed E-state index contributed by atoms with van der Waals surface area (Å²) in [6.07, 6.45) is -4.08. The molecule has 1 atom stereocenters. The average Bonchev–Trinajstić information content (AvgIpc) is 2.89. The zero-order valence-electron chi connectivity index (χ0n) is 16.3. The summed E-state index contributed by atoms with van der Waals surface area (Å²) in [5.41, 5.74) is 6.74. The van der Waals surface area contributed by atoms with E-state index in [0.717, 1.165) is 17.5 Å². The normalized spacial score (nSPS) is 12.6. The third-order valence-electron chi connectivity index (χ3n) is 4.17. The molecule has 0 spiro atoms. The Bertz CT molecular complexity index is 818. The summed E-state index contributed by atoms with van der Waals surface area (Å²) in [4.78, 5) is 12.0. The summed E-state index contributed by atoms with van der Waals surface area (Å²) < 4.78 is 42.1. The number of nitrogens with zero attached hydrogens (tertiary/aromatic N) is 2. The van der Waals surface area contributed by atoms with Crippen LogP contribution in [0.3, 0.4) is 0 Å². The molecule has 0 aliphatic carbocycles. The number of amides is 1. The Hall–Kier alpha value is -2.06. The van der Waals surface area contributed by atoms with Crippen LogP contribution >= 0.6 is 12.4 Å². The predicted octanol–water partition coefficient (Wildman–Crippen LogP) is 3.92. The minimum Gasteiger partial charge on any atom is -0.351 e. The monoisotopic (exact) mass is 418 g/mol. The van der Waals surface area contributed by atoms with Gasteiger partial charge in [0, 0.05) is 12.2 Å². The predicted molar refractivity (Wildman–Crippen MR) is 105 cm³/mol. The van der Waals surface area contributed by atoms with Crippen LogP contribution in [0.2, 0.25) is 0 Å². The number of carbonyl (C=O) groups excluding carboxylic acids is 1. The molecular formula is C19H26ClF3N4O. The van der Waals surface area contributed by atoms with Gasteiger partial charge in [0.05, 0.1) is 23.0 Å². The van der Waals surface area contributed by atoms with Crippen LogP contribution < -0.4 is 11.1 Å². The van der Waals surface area contributed by atoms with E-state index in [9.17, 15) is 18.0 Å². The lowest BCUT2D eigenvalue weighted by molar-refractivity contribution is -0.138. The molecule has 1 aromatic heterocycles. The largest absolute Gasteiger partial charge is 0.416 e. The second-order valence-corrected chi connectivity index (χ2v) is 7.13. The number of hydrogen-bond donors (Lipinski definition) is 2. The van der Waals surface area contributed by atoms with Crippen LogP contribution in [0.5, 0.6) is 0 Å². The second-order valence-electron chi connectivity index (χ2n) is 7.13. The molecule has 156 valence electrons. The number of alkyl halides is 3. The maximum atomic E-state index is 13.5. The molecule has 2 aromatic rings. The molecule has 9 heteroatoms. The van der Waals surface area contributed by atoms with Gasteiger partial charge in [0.1, 0.15) is 0 Å². The maximum Gasteiger partial charge on any atom is 0.416 e. The summed E-state index contributed by atoms with van der Waals surface area (Å²) in [6.45, 7) is 7.16. The van der Waals surface area contributed by atoms with Crippen LogP contribution in [0.1, 0.15) is 42.8 Å². The highest BCUT2D eigenvalue weighted by Gasteiger charge is 2.34. The molecule has 3 N–H and O–H groups in total. The number of nitrogens with two attached hydrogens (primary N) is 1. The zero-order valence-corrected chi connectivity index (χ0v) is 17.1. The Morgan fingerprint density at radius 3 is 2.39 bits per heavy atom. The van der Waals surface area contributed by atoms with Crippen molar-refractivity contribution in [1.82, 2.24) is 15.1 Å². The van der Waals surface area contributed by atoms with Gasteiger partial charge in [0.15, 0.2) is 0 Å². The molecular weight excluding hydrogens is 393 g/mol. The van der Waals surface area contributed by atoms with Gasteiger partial charge in [-0.15, -0.1) is 12.4 Å². The van der Waals surface area contributed by atoms with Crippen LogP contribution in [0.4, 0.5) is 13.2 Å². The third kappa shape index (κ3) is 5.97. The van der Waals surface area contributed by atoms with E-state index in [-0.39, 0.29) is 30.4 Å². The van der Waals surface area contributed by atoms with E-state index < -0.39 is 23.7 Å². The van der Waals surface area contributed by atoms with Gasteiger partial charge in [-0.2, -0.15) is 18.3 Å². The van der Waals surface area contributed by atoms with Crippen molar-refractivity contribution in [2.45, 2.75) is 52.9 Å². The van der Waals surface area contributed by atoms with Crippen LogP contribution in [0.25, 0.3) is 5.69 Å². The molecule has 1 amide bonds. The number of carbonyl (C=O) groups is 1. The number of aromatic nitrogens is 2. The smallest absolute Gasteiger partial charge is 0.351 e. The first-order valence-corrected chi connectivity index (χ1v) is 8.76. The van der Waals surface area contributed by atoms with E-state index in [1.165, 1.54) is 10.7 Å². The summed E-state index contributed by atoms with van der Waals surface area (Å²) in [5.74, 6) is -0.240. The van der Waals surface area contributed by atoms with Gasteiger partial charge in [-0.3, -0.25) is 4.79 Å². The van der Waals surface area contributed by atoms with Gasteiger partial charge >= 0.3 is 6.18 Å². The summed E-state index contributed by atoms with van der Waals surface area (Å²) in [5, 5.41) is 6.73. The van der Waals surface area contributed by atoms with E-state index in [1.807, 2.05) is 13.8 Å². The van der Waals surface area contributed by atoms with Crippen molar-refractivity contribution in [2.75, 3.05) is 0 Å². The van der Waals surface area contributed by atoms with Crippen molar-refractivity contribution < 1.29 is 18.0 Å². The van der Waals surface area contributed by atoms with E-state index >= 15 is 0 Å². The summed E-state index contributed by atoms with van der Waals surface area (Å²) in [7, 11) is 0. The first-order chi connectivity index (χ1) is 12.5. The Balaban J connectivity index is 0.00000392. The molecule has 0 saturated carbocycles. The van der Waals surface area contributed by atoms with Gasteiger partial charge in [-0.1, -0.05) is 19.9 Å². The number of halogens is 4. The molecule has 0 radical (unpaired) electrons. The van der Waals surface area contributed by atoms with Crippen molar-refractivity contribution in [3.05, 3.63) is 46.8 Å². The topological polar surface area (TPSA) is 72.9 Å². The highest BCUT2D eigenvalue weighted by atomic mass is 35.5. The van der Waals surface area contributed by atoms with Gasteiger partial charge < -0.3 is 11.1 Å². The lowest BCUT2D eigenvalue weighted by Crippen LogP contribution is -2.41. The number of benzene rings is 1. The first kappa shape index (κ1) is 24.0. The average molecular weight is 419 g/mol. The highest BCUT2D eigenvalue weighted by molar-refractivity contribution is 5.85. The summed E-state index contributed by atoms with van der Waals surface area (Å²) >= 11 is 0. The zero-order chi connectivity index (χ0) is 20.4. The Labute approximate surface area is 168 Å². The molecule has 0 unspecified atom stereocenters. The SMILES string of the molecule is Cc1cc(C)n(-c2ccc(CNC(=O)[C@@H](N)CC(C)C)c(C(F)(F)F)c2)n1.Cl. The maximum absolute atomic E-state index is 13.5. The lowest BCUT2D eigenvalue weighted by atomic mass is 10.0. The van der Waals surface area contributed by atoms with Crippen molar-refractivity contribution in [3.8, 4) is 5.69 Å². The van der Waals surface area contributed by atoms with E-state index in [2.05, 4.69) is 10.4 Å². The van der Waals surface area contributed by atoms with Gasteiger partial charge in [-0.05, 0) is 49.9 Å². The first-order valence-electron chi connectivity index (χ1n) is 8.76. The molecule has 0 aliphatic rings. The van der Waals surface area contributed by atoms with Crippen molar-refractivity contribution in [1.29, 1.82) is 0 Å². The molecule has 2 rings (SSSR count). The minimum absolute atomic E-state index is 0. The van der Waals surface area contributed by atoms with Crippen molar-refractivity contribution >= 4 is 18.3 Å². The van der Waals surface area contributed by atoms with Crippen molar-refractivity contribution in [3.63, 3.8) is 0 Å². The van der Waals surface area contributed by atoms with Crippen LogP contribution in [0.15, 0.2) is 24.3 Å². The van der Waals surface area contributed by atoms with Crippen LogP contribution in [0, 0.1) is 19.8 Å². The van der Waals surface area contributed by atoms with E-state index in [0.29, 0.717) is 12.1 Å². The molecule has 0 saturated heterocycles. The number of nitrogens with one attached hydrogen (secondary N) is 1. The molecule has 1 heterocycles. The molecule has 0 fully saturated rings. The van der Waals surface area contributed by atoms with Crippen LogP contribution in [-0.2, 0) is 17.5 Å². The van der Waals surface area contributed by atoms with Gasteiger partial charge in [0.25, 0.3) is 0 Å². The fraction of sp³-hybridized carbons (Fsp3) is 0.474. The van der Waals surface area contributed by atoms with Gasteiger partial charge in [0.2, 0.25) is 5.91 Å². The Kier molecular flexibility index (Phi) is 8.07. The van der Waals surface area contributed by atoms with Crippen LogP contribution in [-0.4, -0.2) is 21.7 Å². The fourth-order valence-electron chi connectivity index (χ4n) is 2.93. The molecule has 0 aliphatic heterocycles. The lowest BCUT2D eigenvalue weighted by Gasteiger charge is -2.18. The van der Waals surface area contributed by atoms with E-state index in [1.54, 1.807) is 26.0 Å². The van der Waals surface area contributed by atoms with Gasteiger partial charge in [-0.25, -0.2) is 4.68 Å². The Morgan fingerprint density at radius 1 is 1.25 bits per heavy atom. The molecule has 28 heavy (non-hydrogen) atoms. The molecule has 5 nitrogen and oxygen atoms in total. The minimum atomic E-state index is -4.55. The summed E-state index contributed by atoms with van der Waals surface area (Å²) in [6, 6.07) is 5.02. The Morgan fingerprint density at radius 2 is 1.89 bits per heavy atom. The standard InChI is InChI=1S/C19H25F3N4O.ClH/c1-11(2)7-17(23)18(27)24-10-14-5-6-15(9-16(14)19(20,21)22)26-13(4)8-12(3)25-26;/h5-6,8-9,11,17H,7,10,23H2,1-4H3,(H,24,27);1H/t17-;/m0./s1. The quantitative estimate of drug-likeness (QED) is 0.746. The van der Waals surface area contributed by atoms with E-state index in [4.69, 9.17) is 5.73 Å². The second kappa shape index (κ2) is 9.43. The number of hydrogen-bond acceptors (Lipinski definition) is 3. The number of aryl methyl sites for hydroxylation is 2. The highest BCUT2D eigenvalue weighted by Crippen LogP contribution is 2.33. The number of rotatable bonds is 6. The molecule has 1 aromatic carbocycles. The van der Waals surface area contributed by atoms with Crippen molar-refractivity contribution in [2.24, 2.45) is 11.7 Å². The third-order valence-corrected chi connectivity index (χ3v) is 4.17. The molecule has 0 bridgehead atoms.